The summed E-state index contributed by atoms with van der Waals surface area (Å²) in [6, 6.07) is 5.40. The van der Waals surface area contributed by atoms with Crippen molar-refractivity contribution in [1.82, 2.24) is 9.55 Å². The van der Waals surface area contributed by atoms with Gasteiger partial charge in [0.15, 0.2) is 0 Å². The topological polar surface area (TPSA) is 73.3 Å². The van der Waals surface area contributed by atoms with Crippen molar-refractivity contribution < 1.29 is 9.84 Å². The number of nitrogens with two attached hydrogens (primary N) is 1. The van der Waals surface area contributed by atoms with E-state index in [-0.39, 0.29) is 0 Å². The monoisotopic (exact) mass is 261 g/mol. The molecule has 1 atom stereocenters. The minimum absolute atomic E-state index is 0.429. The van der Waals surface area contributed by atoms with Crippen LogP contribution >= 0.6 is 0 Å². The van der Waals surface area contributed by atoms with Gasteiger partial charge in [0.05, 0.1) is 18.9 Å². The van der Waals surface area contributed by atoms with Crippen LogP contribution in [-0.4, -0.2) is 21.8 Å². The molecule has 0 bridgehead atoms. The van der Waals surface area contributed by atoms with E-state index in [1.54, 1.807) is 19.4 Å². The number of aromatic nitrogens is 2. The average Bonchev–Trinajstić information content (AvgIpc) is 2.86. The summed E-state index contributed by atoms with van der Waals surface area (Å²) < 4.78 is 7.16. The maximum absolute atomic E-state index is 10.3. The standard InChI is InChI=1S/C14H19N3O2/c1-3-17-8-7-16-13(17)9-11(18)10-5-4-6-12(19-2)14(10)15/h4-8,11,18H,3,9,15H2,1-2H3. The molecule has 2 rings (SSSR count). The number of methoxy groups -OCH3 is 1. The summed E-state index contributed by atoms with van der Waals surface area (Å²) in [5, 5.41) is 10.3. The van der Waals surface area contributed by atoms with Gasteiger partial charge < -0.3 is 20.1 Å². The van der Waals surface area contributed by atoms with Gasteiger partial charge in [-0.25, -0.2) is 4.98 Å². The number of benzene rings is 1. The third-order valence-electron chi connectivity index (χ3n) is 3.20. The van der Waals surface area contributed by atoms with Crippen LogP contribution < -0.4 is 10.5 Å². The fourth-order valence-corrected chi connectivity index (χ4v) is 2.13. The Kier molecular flexibility index (Phi) is 4.06. The first-order valence-electron chi connectivity index (χ1n) is 6.27. The lowest BCUT2D eigenvalue weighted by molar-refractivity contribution is 0.175. The molecule has 0 amide bonds. The first kappa shape index (κ1) is 13.4. The first-order chi connectivity index (χ1) is 9.17. The second kappa shape index (κ2) is 5.75. The molecule has 0 saturated heterocycles. The molecule has 1 aromatic heterocycles. The van der Waals surface area contributed by atoms with Gasteiger partial charge in [-0.3, -0.25) is 0 Å². The second-order valence-electron chi connectivity index (χ2n) is 4.31. The number of nitrogens with zero attached hydrogens (tertiary/aromatic N) is 2. The Bertz CT molecular complexity index is 551. The number of rotatable bonds is 5. The van der Waals surface area contributed by atoms with Gasteiger partial charge in [0.2, 0.25) is 0 Å². The molecule has 3 N–H and O–H groups in total. The Morgan fingerprint density at radius 1 is 1.47 bits per heavy atom. The highest BCUT2D eigenvalue weighted by molar-refractivity contribution is 5.59. The van der Waals surface area contributed by atoms with E-state index < -0.39 is 6.10 Å². The van der Waals surface area contributed by atoms with Crippen LogP contribution in [0.25, 0.3) is 0 Å². The van der Waals surface area contributed by atoms with Crippen molar-refractivity contribution in [3.05, 3.63) is 42.0 Å². The lowest BCUT2D eigenvalue weighted by Gasteiger charge is -2.15. The Morgan fingerprint density at radius 3 is 2.95 bits per heavy atom. The highest BCUT2D eigenvalue weighted by Crippen LogP contribution is 2.30. The molecule has 5 nitrogen and oxygen atoms in total. The van der Waals surface area contributed by atoms with Crippen LogP contribution in [0, 0.1) is 0 Å². The molecule has 1 heterocycles. The van der Waals surface area contributed by atoms with Crippen molar-refractivity contribution in [2.75, 3.05) is 12.8 Å². The van der Waals surface area contributed by atoms with E-state index in [2.05, 4.69) is 4.98 Å². The summed E-state index contributed by atoms with van der Waals surface area (Å²) in [6.07, 6.45) is 3.37. The SMILES string of the molecule is CCn1ccnc1CC(O)c1cccc(OC)c1N. The number of imidazole rings is 1. The number of ether oxygens (including phenoxy) is 1. The molecule has 0 aliphatic carbocycles. The molecule has 1 aromatic carbocycles. The highest BCUT2D eigenvalue weighted by Gasteiger charge is 2.16. The van der Waals surface area contributed by atoms with Crippen LogP contribution in [0.15, 0.2) is 30.6 Å². The van der Waals surface area contributed by atoms with Gasteiger partial charge in [-0.15, -0.1) is 0 Å². The lowest BCUT2D eigenvalue weighted by Crippen LogP contribution is -2.10. The highest BCUT2D eigenvalue weighted by atomic mass is 16.5. The summed E-state index contributed by atoms with van der Waals surface area (Å²) in [5.74, 6) is 1.42. The molecule has 0 aliphatic rings. The Hall–Kier alpha value is -2.01. The number of aryl methyl sites for hydroxylation is 1. The van der Waals surface area contributed by atoms with Gasteiger partial charge in [-0.1, -0.05) is 12.1 Å². The molecule has 0 spiro atoms. The number of hydrogen-bond acceptors (Lipinski definition) is 4. The molecular weight excluding hydrogens is 242 g/mol. The van der Waals surface area contributed by atoms with Crippen molar-refractivity contribution in [3.63, 3.8) is 0 Å². The van der Waals surface area contributed by atoms with E-state index in [1.807, 2.05) is 29.8 Å². The number of nitrogen functional groups attached to an aromatic ring is 1. The van der Waals surface area contributed by atoms with Gasteiger partial charge in [-0.2, -0.15) is 0 Å². The molecule has 0 radical (unpaired) electrons. The smallest absolute Gasteiger partial charge is 0.142 e. The predicted octanol–water partition coefficient (Wildman–Crippen LogP) is 1.77. The van der Waals surface area contributed by atoms with E-state index in [0.717, 1.165) is 12.4 Å². The maximum atomic E-state index is 10.3. The molecule has 19 heavy (non-hydrogen) atoms. The van der Waals surface area contributed by atoms with E-state index in [9.17, 15) is 5.11 Å². The van der Waals surface area contributed by atoms with Crippen LogP contribution in [0.1, 0.15) is 24.4 Å². The summed E-state index contributed by atoms with van der Waals surface area (Å²) >= 11 is 0. The van der Waals surface area contributed by atoms with Crippen molar-refractivity contribution in [2.45, 2.75) is 26.0 Å². The van der Waals surface area contributed by atoms with Crippen molar-refractivity contribution in [1.29, 1.82) is 0 Å². The van der Waals surface area contributed by atoms with E-state index in [4.69, 9.17) is 10.5 Å². The third kappa shape index (κ3) is 2.71. The van der Waals surface area contributed by atoms with E-state index >= 15 is 0 Å². The van der Waals surface area contributed by atoms with Crippen LogP contribution in [0.2, 0.25) is 0 Å². The molecular formula is C14H19N3O2. The van der Waals surface area contributed by atoms with Crippen molar-refractivity contribution in [2.24, 2.45) is 0 Å². The third-order valence-corrected chi connectivity index (χ3v) is 3.20. The van der Waals surface area contributed by atoms with E-state index in [1.165, 1.54) is 0 Å². The lowest BCUT2D eigenvalue weighted by atomic mass is 10.0. The van der Waals surface area contributed by atoms with Crippen LogP contribution in [0.5, 0.6) is 5.75 Å². The summed E-state index contributed by atoms with van der Waals surface area (Å²) in [5.41, 5.74) is 7.13. The van der Waals surface area contributed by atoms with Gasteiger partial charge in [0.1, 0.15) is 11.6 Å². The van der Waals surface area contributed by atoms with Gasteiger partial charge in [-0.05, 0) is 13.0 Å². The number of para-hydroxylation sites is 1. The molecule has 2 aromatic rings. The minimum Gasteiger partial charge on any atom is -0.495 e. The molecule has 102 valence electrons. The number of anilines is 1. The molecule has 0 saturated carbocycles. The quantitative estimate of drug-likeness (QED) is 0.804. The zero-order valence-corrected chi connectivity index (χ0v) is 11.2. The van der Waals surface area contributed by atoms with Crippen molar-refractivity contribution >= 4 is 5.69 Å². The minimum atomic E-state index is -0.692. The van der Waals surface area contributed by atoms with Crippen LogP contribution in [0.4, 0.5) is 5.69 Å². The number of aliphatic hydroxyl groups is 1. The molecule has 0 aliphatic heterocycles. The zero-order chi connectivity index (χ0) is 13.8. The normalized spacial score (nSPS) is 12.4. The first-order valence-corrected chi connectivity index (χ1v) is 6.27. The number of aliphatic hydroxyl groups excluding tert-OH is 1. The summed E-state index contributed by atoms with van der Waals surface area (Å²) in [6.45, 7) is 2.87. The van der Waals surface area contributed by atoms with Gasteiger partial charge >= 0.3 is 0 Å². The fourth-order valence-electron chi connectivity index (χ4n) is 2.13. The number of hydrogen-bond donors (Lipinski definition) is 2. The maximum Gasteiger partial charge on any atom is 0.142 e. The van der Waals surface area contributed by atoms with Crippen LogP contribution in [0.3, 0.4) is 0 Å². The van der Waals surface area contributed by atoms with Crippen molar-refractivity contribution in [3.8, 4) is 5.75 Å². The average molecular weight is 261 g/mol. The van der Waals surface area contributed by atoms with Gasteiger partial charge in [0, 0.05) is 30.9 Å². The molecule has 0 fully saturated rings. The molecule has 5 heteroatoms. The Labute approximate surface area is 112 Å². The predicted molar refractivity (Wildman–Crippen MR) is 74.0 cm³/mol. The fraction of sp³-hybridized carbons (Fsp3) is 0.357. The zero-order valence-electron chi connectivity index (χ0n) is 11.2. The largest absolute Gasteiger partial charge is 0.495 e. The van der Waals surface area contributed by atoms with Gasteiger partial charge in [0.25, 0.3) is 0 Å². The molecule has 1 unspecified atom stereocenters. The Morgan fingerprint density at radius 2 is 2.26 bits per heavy atom. The summed E-state index contributed by atoms with van der Waals surface area (Å²) in [7, 11) is 1.56. The van der Waals surface area contributed by atoms with Crippen LogP contribution in [-0.2, 0) is 13.0 Å². The van der Waals surface area contributed by atoms with E-state index in [0.29, 0.717) is 23.4 Å². The second-order valence-corrected chi connectivity index (χ2v) is 4.31. The Balaban J connectivity index is 2.23. The summed E-state index contributed by atoms with van der Waals surface area (Å²) in [4.78, 5) is 4.26.